The summed E-state index contributed by atoms with van der Waals surface area (Å²) in [6.45, 7) is 3.08. The summed E-state index contributed by atoms with van der Waals surface area (Å²) in [7, 11) is 1.55. The maximum absolute atomic E-state index is 12.6. The molecule has 1 fully saturated rings. The second kappa shape index (κ2) is 9.82. The molecule has 2 heterocycles. The third-order valence-electron chi connectivity index (χ3n) is 4.88. The summed E-state index contributed by atoms with van der Waals surface area (Å²) in [4.78, 5) is 26.8. The van der Waals surface area contributed by atoms with Gasteiger partial charge in [0, 0.05) is 24.7 Å². The summed E-state index contributed by atoms with van der Waals surface area (Å²) in [6, 6.07) is 10.6. The fraction of sp³-hybridized carbons (Fsp3) is 0.450. The lowest BCUT2D eigenvalue weighted by Crippen LogP contribution is -2.38. The molecule has 1 aromatic heterocycles. The Bertz CT molecular complexity index is 865. The second-order valence-corrected chi connectivity index (χ2v) is 7.23. The minimum atomic E-state index is -0.308. The lowest BCUT2D eigenvalue weighted by Gasteiger charge is -2.28. The van der Waals surface area contributed by atoms with E-state index >= 15 is 0 Å². The Morgan fingerprint density at radius 3 is 2.79 bits per heavy atom. The molecule has 150 valence electrons. The molecule has 0 aliphatic carbocycles. The summed E-state index contributed by atoms with van der Waals surface area (Å²) in [5, 5.41) is 7.79. The number of nitrogens with zero attached hydrogens (tertiary/aromatic N) is 3. The van der Waals surface area contributed by atoms with Crippen LogP contribution in [0.3, 0.4) is 0 Å². The minimum absolute atomic E-state index is 0.0459. The van der Waals surface area contributed by atoms with Crippen LogP contribution in [0.25, 0.3) is 0 Å². The van der Waals surface area contributed by atoms with Crippen molar-refractivity contribution in [3.8, 4) is 0 Å². The molecule has 8 heteroatoms. The van der Waals surface area contributed by atoms with Gasteiger partial charge in [0.2, 0.25) is 0 Å². The highest BCUT2D eigenvalue weighted by Gasteiger charge is 2.24. The van der Waals surface area contributed by atoms with Gasteiger partial charge in [0.1, 0.15) is 5.69 Å². The van der Waals surface area contributed by atoms with Crippen molar-refractivity contribution in [3.63, 3.8) is 0 Å². The van der Waals surface area contributed by atoms with Crippen molar-refractivity contribution in [3.05, 3.63) is 63.0 Å². The average molecular weight is 405 g/mol. The highest BCUT2D eigenvalue weighted by Crippen LogP contribution is 2.26. The smallest absolute Gasteiger partial charge is 0.271 e. The molecule has 1 saturated heterocycles. The topological polar surface area (TPSA) is 76.5 Å². The number of ether oxygens (including phenoxy) is 1. The molecule has 1 unspecified atom stereocenters. The number of amides is 1. The van der Waals surface area contributed by atoms with E-state index in [1.54, 1.807) is 7.11 Å². The maximum atomic E-state index is 12.6. The van der Waals surface area contributed by atoms with Crippen molar-refractivity contribution in [2.75, 3.05) is 33.4 Å². The predicted octanol–water partition coefficient (Wildman–Crippen LogP) is 2.11. The van der Waals surface area contributed by atoms with Crippen LogP contribution in [0.15, 0.2) is 41.2 Å². The quantitative estimate of drug-likeness (QED) is 0.729. The van der Waals surface area contributed by atoms with Gasteiger partial charge in [0.25, 0.3) is 11.5 Å². The standard InChI is InChI=1S/C20H25ClN4O3/c1-28-12-11-25-19(26)8-7-17(23-25)20(27)22-14-18(24-9-2-3-10-24)15-5-4-6-16(21)13-15/h4-8,13,18H,2-3,9-12,14H2,1H3,(H,22,27). The number of halogens is 1. The van der Waals surface area contributed by atoms with E-state index in [1.165, 1.54) is 16.8 Å². The monoisotopic (exact) mass is 404 g/mol. The van der Waals surface area contributed by atoms with Crippen molar-refractivity contribution in [1.82, 2.24) is 20.0 Å². The van der Waals surface area contributed by atoms with E-state index in [0.717, 1.165) is 31.5 Å². The van der Waals surface area contributed by atoms with E-state index in [1.807, 2.05) is 24.3 Å². The number of hydrogen-bond acceptors (Lipinski definition) is 5. The summed E-state index contributed by atoms with van der Waals surface area (Å²) in [5.74, 6) is -0.308. The van der Waals surface area contributed by atoms with Crippen LogP contribution in [0.1, 0.15) is 34.9 Å². The molecule has 1 N–H and O–H groups in total. The van der Waals surface area contributed by atoms with Crippen LogP contribution in [0.2, 0.25) is 5.02 Å². The Labute approximate surface area is 169 Å². The van der Waals surface area contributed by atoms with Crippen LogP contribution in [0.5, 0.6) is 0 Å². The highest BCUT2D eigenvalue weighted by molar-refractivity contribution is 6.30. The van der Waals surface area contributed by atoms with Gasteiger partial charge in [-0.1, -0.05) is 23.7 Å². The Kier molecular flexibility index (Phi) is 7.19. The SMILES string of the molecule is COCCn1nc(C(=O)NCC(c2cccc(Cl)c2)N2CCCC2)ccc1=O. The first-order valence-electron chi connectivity index (χ1n) is 9.43. The molecular formula is C20H25ClN4O3. The summed E-state index contributed by atoms with van der Waals surface area (Å²) in [5.41, 5.74) is 1.03. The normalized spacial score (nSPS) is 15.5. The van der Waals surface area contributed by atoms with Gasteiger partial charge >= 0.3 is 0 Å². The zero-order valence-corrected chi connectivity index (χ0v) is 16.7. The molecule has 0 radical (unpaired) electrons. The van der Waals surface area contributed by atoms with Crippen molar-refractivity contribution < 1.29 is 9.53 Å². The number of carbonyl (C=O) groups excluding carboxylic acids is 1. The zero-order chi connectivity index (χ0) is 19.9. The number of aromatic nitrogens is 2. The zero-order valence-electron chi connectivity index (χ0n) is 15.9. The molecule has 28 heavy (non-hydrogen) atoms. The fourth-order valence-electron chi connectivity index (χ4n) is 3.41. The second-order valence-electron chi connectivity index (χ2n) is 6.80. The summed E-state index contributed by atoms with van der Waals surface area (Å²) < 4.78 is 6.22. The molecule has 3 rings (SSSR count). The van der Waals surface area contributed by atoms with Gasteiger partial charge in [0.05, 0.1) is 19.2 Å². The Morgan fingerprint density at radius 2 is 2.07 bits per heavy atom. The van der Waals surface area contributed by atoms with Crippen molar-refractivity contribution in [1.29, 1.82) is 0 Å². The number of carbonyl (C=O) groups is 1. The van der Waals surface area contributed by atoms with Gasteiger partial charge in [-0.05, 0) is 49.7 Å². The van der Waals surface area contributed by atoms with Crippen molar-refractivity contribution in [2.24, 2.45) is 0 Å². The molecule has 1 aromatic carbocycles. The van der Waals surface area contributed by atoms with Crippen molar-refractivity contribution in [2.45, 2.75) is 25.4 Å². The van der Waals surface area contributed by atoms with Crippen LogP contribution in [0.4, 0.5) is 0 Å². The molecule has 7 nitrogen and oxygen atoms in total. The minimum Gasteiger partial charge on any atom is -0.383 e. The number of methoxy groups -OCH3 is 1. The van der Waals surface area contributed by atoms with Crippen LogP contribution in [0, 0.1) is 0 Å². The first kappa shape index (κ1) is 20.5. The molecule has 0 bridgehead atoms. The first-order chi connectivity index (χ1) is 13.6. The molecule has 1 amide bonds. The molecule has 1 atom stereocenters. The lowest BCUT2D eigenvalue weighted by molar-refractivity contribution is 0.0929. The maximum Gasteiger partial charge on any atom is 0.271 e. The molecule has 0 saturated carbocycles. The van der Waals surface area contributed by atoms with E-state index in [0.29, 0.717) is 24.7 Å². The van der Waals surface area contributed by atoms with E-state index in [-0.39, 0.29) is 23.2 Å². The van der Waals surface area contributed by atoms with E-state index in [9.17, 15) is 9.59 Å². The van der Waals surface area contributed by atoms with Gasteiger partial charge in [-0.15, -0.1) is 0 Å². The lowest BCUT2D eigenvalue weighted by atomic mass is 10.1. The largest absolute Gasteiger partial charge is 0.383 e. The van der Waals surface area contributed by atoms with Crippen molar-refractivity contribution >= 4 is 17.5 Å². The third-order valence-corrected chi connectivity index (χ3v) is 5.11. The van der Waals surface area contributed by atoms with Gasteiger partial charge in [-0.3, -0.25) is 14.5 Å². The van der Waals surface area contributed by atoms with Crippen LogP contribution in [-0.4, -0.2) is 53.9 Å². The average Bonchev–Trinajstić information content (AvgIpc) is 3.22. The Hall–Kier alpha value is -2.22. The van der Waals surface area contributed by atoms with E-state index in [2.05, 4.69) is 15.3 Å². The summed E-state index contributed by atoms with van der Waals surface area (Å²) in [6.07, 6.45) is 2.30. The molecule has 2 aromatic rings. The van der Waals surface area contributed by atoms with Gasteiger partial charge in [0.15, 0.2) is 0 Å². The predicted molar refractivity (Wildman–Crippen MR) is 108 cm³/mol. The van der Waals surface area contributed by atoms with Gasteiger partial charge < -0.3 is 10.1 Å². The molecular weight excluding hydrogens is 380 g/mol. The molecule has 1 aliphatic rings. The highest BCUT2D eigenvalue weighted by atomic mass is 35.5. The van der Waals surface area contributed by atoms with E-state index in [4.69, 9.17) is 16.3 Å². The van der Waals surface area contributed by atoms with Gasteiger partial charge in [-0.2, -0.15) is 5.10 Å². The van der Waals surface area contributed by atoms with Gasteiger partial charge in [-0.25, -0.2) is 4.68 Å². The summed E-state index contributed by atoms with van der Waals surface area (Å²) >= 11 is 6.17. The number of likely N-dealkylation sites (tertiary alicyclic amines) is 1. The fourth-order valence-corrected chi connectivity index (χ4v) is 3.61. The Balaban J connectivity index is 1.72. The Morgan fingerprint density at radius 1 is 1.29 bits per heavy atom. The molecule has 1 aliphatic heterocycles. The third kappa shape index (κ3) is 5.19. The number of benzene rings is 1. The number of rotatable bonds is 8. The van der Waals surface area contributed by atoms with E-state index < -0.39 is 0 Å². The van der Waals surface area contributed by atoms with Crippen LogP contribution >= 0.6 is 11.6 Å². The first-order valence-corrected chi connectivity index (χ1v) is 9.81. The number of nitrogens with one attached hydrogen (secondary N) is 1. The number of hydrogen-bond donors (Lipinski definition) is 1. The van der Waals surface area contributed by atoms with Crippen LogP contribution in [-0.2, 0) is 11.3 Å². The van der Waals surface area contributed by atoms with Crippen LogP contribution < -0.4 is 10.9 Å². The molecule has 0 spiro atoms.